The molecule has 0 bridgehead atoms. The lowest BCUT2D eigenvalue weighted by molar-refractivity contribution is -0.313. The number of anilines is 1. The molecule has 6 rings (SSSR count). The largest absolute Gasteiger partial charge is 0.449 e. The second-order valence-corrected chi connectivity index (χ2v) is 10.7. The Balaban J connectivity index is 1.24. The number of aromatic nitrogens is 1. The van der Waals surface area contributed by atoms with Gasteiger partial charge in [0.15, 0.2) is 6.10 Å². The van der Waals surface area contributed by atoms with Gasteiger partial charge in [0.2, 0.25) is 0 Å². The minimum Gasteiger partial charge on any atom is -0.418 e. The van der Waals surface area contributed by atoms with Gasteiger partial charge in [0.1, 0.15) is 17.4 Å². The minimum atomic E-state index is -2.24. The molecule has 10 heteroatoms. The molecule has 2 aromatic carbocycles. The summed E-state index contributed by atoms with van der Waals surface area (Å²) in [4.78, 5) is 30.4. The normalized spacial score (nSPS) is 22.3. The maximum atomic E-state index is 13.6. The molecule has 0 radical (unpaired) electrons. The maximum Gasteiger partial charge on any atom is 0.449 e. The van der Waals surface area contributed by atoms with Gasteiger partial charge in [-0.15, -0.1) is 11.3 Å². The summed E-state index contributed by atoms with van der Waals surface area (Å²) in [5, 5.41) is 11.8. The topological polar surface area (TPSA) is 101 Å². The molecule has 3 atom stereocenters. The number of aliphatic hydroxyl groups excluding tert-OH is 1. The van der Waals surface area contributed by atoms with Gasteiger partial charge < -0.3 is 29.2 Å². The van der Waals surface area contributed by atoms with E-state index < -0.39 is 24.0 Å². The van der Waals surface area contributed by atoms with Gasteiger partial charge in [0, 0.05) is 27.5 Å². The monoisotopic (exact) mass is 524 g/mol. The van der Waals surface area contributed by atoms with Gasteiger partial charge in [-0.1, -0.05) is 6.07 Å². The summed E-state index contributed by atoms with van der Waals surface area (Å²) < 4.78 is 30.5. The number of thiophene rings is 1. The first-order valence-corrected chi connectivity index (χ1v) is 12.9. The number of carbonyl (C=O) groups excluding carboxylic acids is 2. The quantitative estimate of drug-likeness (QED) is 0.286. The number of fused-ring (bicyclic) bond motifs is 2. The second-order valence-electron chi connectivity index (χ2n) is 9.63. The van der Waals surface area contributed by atoms with Gasteiger partial charge in [-0.05, 0) is 80.5 Å². The van der Waals surface area contributed by atoms with Crippen LogP contribution in [0, 0.1) is 5.82 Å². The van der Waals surface area contributed by atoms with Gasteiger partial charge in [-0.25, -0.2) is 14.0 Å². The molecule has 0 unspecified atom stereocenters. The van der Waals surface area contributed by atoms with E-state index in [1.165, 1.54) is 17.9 Å². The summed E-state index contributed by atoms with van der Waals surface area (Å²) in [6, 6.07) is 14.5. The van der Waals surface area contributed by atoms with E-state index >= 15 is 0 Å². The highest BCUT2D eigenvalue weighted by atomic mass is 32.1. The van der Waals surface area contributed by atoms with Crippen molar-refractivity contribution in [2.45, 2.75) is 50.7 Å². The van der Waals surface area contributed by atoms with E-state index in [0.29, 0.717) is 17.1 Å². The molecule has 2 aromatic heterocycles. The number of ether oxygens (including phenoxy) is 3. The number of halogens is 1. The van der Waals surface area contributed by atoms with Crippen LogP contribution < -0.4 is 9.64 Å². The summed E-state index contributed by atoms with van der Waals surface area (Å²) in [6.07, 6.45) is 0.488. The van der Waals surface area contributed by atoms with E-state index in [1.807, 2.05) is 18.2 Å². The van der Waals surface area contributed by atoms with Gasteiger partial charge in [-0.3, -0.25) is 0 Å². The molecular weight excluding hydrogens is 499 g/mol. The Kier molecular flexibility index (Phi) is 5.61. The van der Waals surface area contributed by atoms with E-state index in [-0.39, 0.29) is 11.9 Å². The van der Waals surface area contributed by atoms with Crippen LogP contribution in [0.3, 0.4) is 0 Å². The highest BCUT2D eigenvalue weighted by Gasteiger charge is 2.56. The summed E-state index contributed by atoms with van der Waals surface area (Å²) in [5.41, 5.74) is 0.782. The van der Waals surface area contributed by atoms with Crippen molar-refractivity contribution < 1.29 is 33.3 Å². The Labute approximate surface area is 215 Å². The van der Waals surface area contributed by atoms with E-state index in [9.17, 15) is 19.1 Å². The number of aromatic amines is 1. The standard InChI is InChI=1S/C27H25FN2O6S/c1-14-10-16(23-12-17-11-18(28)6-7-22(17)37-23)8-9-30(14)24-13-19-20(29-24)4-3-5-21(19)34-27(15(2)31)35-25(32)26(33)36-27/h3-7,11-16,29,31H,8-10H2,1-2H3/t14-,15-,16-/m0/s1. The average molecular weight is 525 g/mol. The molecule has 0 aliphatic carbocycles. The van der Waals surface area contributed by atoms with Crippen molar-refractivity contribution in [3.63, 3.8) is 0 Å². The van der Waals surface area contributed by atoms with Crippen LogP contribution in [-0.2, 0) is 19.1 Å². The summed E-state index contributed by atoms with van der Waals surface area (Å²) >= 11 is 1.73. The van der Waals surface area contributed by atoms with Gasteiger partial charge in [-0.2, -0.15) is 0 Å². The molecule has 8 nitrogen and oxygen atoms in total. The van der Waals surface area contributed by atoms with Gasteiger partial charge in [0.05, 0.1) is 5.52 Å². The van der Waals surface area contributed by atoms with Crippen molar-refractivity contribution >= 4 is 50.1 Å². The van der Waals surface area contributed by atoms with Crippen molar-refractivity contribution in [1.82, 2.24) is 4.98 Å². The third-order valence-corrected chi connectivity index (χ3v) is 8.37. The van der Waals surface area contributed by atoms with Crippen LogP contribution >= 0.6 is 11.3 Å². The van der Waals surface area contributed by atoms with Gasteiger partial charge >= 0.3 is 17.9 Å². The number of nitrogens with zero attached hydrogens (tertiary/aromatic N) is 1. The smallest absolute Gasteiger partial charge is 0.418 e. The van der Waals surface area contributed by atoms with Crippen molar-refractivity contribution in [2.75, 3.05) is 11.4 Å². The first kappa shape index (κ1) is 23.7. The molecule has 2 aliphatic rings. The lowest BCUT2D eigenvalue weighted by atomic mass is 9.90. The number of H-pyrrole nitrogens is 1. The molecule has 0 spiro atoms. The van der Waals surface area contributed by atoms with Crippen molar-refractivity contribution in [3.8, 4) is 5.75 Å². The minimum absolute atomic E-state index is 0.217. The van der Waals surface area contributed by atoms with E-state index in [4.69, 9.17) is 14.2 Å². The molecule has 37 heavy (non-hydrogen) atoms. The Bertz CT molecular complexity index is 1510. The molecule has 0 saturated carbocycles. The van der Waals surface area contributed by atoms with E-state index in [1.54, 1.807) is 29.5 Å². The van der Waals surface area contributed by atoms with Crippen molar-refractivity contribution in [3.05, 3.63) is 59.2 Å². The van der Waals surface area contributed by atoms with Crippen molar-refractivity contribution in [1.29, 1.82) is 0 Å². The second kappa shape index (κ2) is 8.74. The van der Waals surface area contributed by atoms with Crippen LogP contribution in [0.1, 0.15) is 37.5 Å². The summed E-state index contributed by atoms with van der Waals surface area (Å²) in [5.74, 6) is -3.30. The molecule has 2 fully saturated rings. The molecule has 4 aromatic rings. The molecule has 2 saturated heterocycles. The van der Waals surface area contributed by atoms with Crippen LogP contribution in [0.15, 0.2) is 48.5 Å². The Morgan fingerprint density at radius 2 is 1.97 bits per heavy atom. The number of piperidine rings is 1. The number of cyclic esters (lactones) is 2. The maximum absolute atomic E-state index is 13.6. The molecule has 0 amide bonds. The fourth-order valence-electron chi connectivity index (χ4n) is 5.19. The van der Waals surface area contributed by atoms with E-state index in [2.05, 4.69) is 22.9 Å². The number of hydrogen-bond donors (Lipinski definition) is 2. The molecule has 4 heterocycles. The van der Waals surface area contributed by atoms with Crippen LogP contribution in [0.4, 0.5) is 10.2 Å². The number of hydrogen-bond acceptors (Lipinski definition) is 8. The fraction of sp³-hybridized carbons (Fsp3) is 0.333. The summed E-state index contributed by atoms with van der Waals surface area (Å²) in [7, 11) is 0. The third kappa shape index (κ3) is 4.10. The number of aliphatic hydroxyl groups is 1. The summed E-state index contributed by atoms with van der Waals surface area (Å²) in [6.45, 7) is 4.32. The number of carbonyl (C=O) groups is 2. The van der Waals surface area contributed by atoms with Gasteiger partial charge in [0.25, 0.3) is 0 Å². The van der Waals surface area contributed by atoms with Crippen LogP contribution in [-0.4, -0.2) is 46.7 Å². The molecule has 2 N–H and O–H groups in total. The zero-order valence-corrected chi connectivity index (χ0v) is 21.0. The average Bonchev–Trinajstić information content (AvgIpc) is 3.55. The fourth-order valence-corrected chi connectivity index (χ4v) is 6.39. The molecule has 2 aliphatic heterocycles. The number of rotatable bonds is 5. The van der Waals surface area contributed by atoms with Crippen LogP contribution in [0.25, 0.3) is 21.0 Å². The number of nitrogens with one attached hydrogen (secondary N) is 1. The number of benzene rings is 2. The third-order valence-electron chi connectivity index (χ3n) is 7.10. The predicted molar refractivity (Wildman–Crippen MR) is 136 cm³/mol. The number of esters is 2. The highest BCUT2D eigenvalue weighted by Crippen LogP contribution is 2.41. The zero-order valence-electron chi connectivity index (χ0n) is 20.2. The van der Waals surface area contributed by atoms with Crippen LogP contribution in [0.5, 0.6) is 5.75 Å². The Morgan fingerprint density at radius 1 is 1.19 bits per heavy atom. The molecule has 192 valence electrons. The van der Waals surface area contributed by atoms with Crippen LogP contribution in [0.2, 0.25) is 0 Å². The lowest BCUT2D eigenvalue weighted by Crippen LogP contribution is -2.47. The Morgan fingerprint density at radius 3 is 2.70 bits per heavy atom. The molecular formula is C27H25FN2O6S. The Hall–Kier alpha value is -3.63. The highest BCUT2D eigenvalue weighted by molar-refractivity contribution is 7.19. The first-order valence-electron chi connectivity index (χ1n) is 12.1. The van der Waals surface area contributed by atoms with Crippen molar-refractivity contribution in [2.24, 2.45) is 0 Å². The zero-order chi connectivity index (χ0) is 25.9. The lowest BCUT2D eigenvalue weighted by Gasteiger charge is -2.38. The first-order chi connectivity index (χ1) is 17.7. The van der Waals surface area contributed by atoms with E-state index in [0.717, 1.165) is 40.8 Å². The SMILES string of the molecule is C[C@H](O)C1(Oc2cccc3[nH]c(N4CC[C@H](c5cc6cc(F)ccc6s5)C[C@@H]4C)cc23)OC(=O)C(=O)O1. The predicted octanol–water partition coefficient (Wildman–Crippen LogP) is 4.81.